The second-order valence-corrected chi connectivity index (χ2v) is 6.28. The molecule has 0 N–H and O–H groups in total. The number of benzene rings is 1. The molecule has 1 rings (SSSR count). The standard InChI is InChI=1S/C14H20NTe/c1-5-9-13(14(16-4)15(2)3)12-10-7-6-8-11-12/h5-8,10-11,13H,1,9H2,2-4H3/q+1. The Kier molecular flexibility index (Phi) is 5.80. The van der Waals surface area contributed by atoms with Crippen molar-refractivity contribution in [3.8, 4) is 0 Å². The molecule has 0 saturated carbocycles. The summed E-state index contributed by atoms with van der Waals surface area (Å²) in [4.78, 5) is 2.35. The van der Waals surface area contributed by atoms with Gasteiger partial charge in [0.15, 0.2) is 0 Å². The van der Waals surface area contributed by atoms with Crippen molar-refractivity contribution >= 4 is 24.7 Å². The Hall–Kier alpha value is -0.580. The predicted octanol–water partition coefficient (Wildman–Crippen LogP) is 2.77. The van der Waals surface area contributed by atoms with Crippen molar-refractivity contribution in [2.24, 2.45) is 0 Å². The molecule has 0 amide bonds. The van der Waals surface area contributed by atoms with E-state index in [1.54, 1.807) is 3.76 Å². The first-order chi connectivity index (χ1) is 7.70. The molecule has 0 bridgehead atoms. The molecule has 0 aromatic heterocycles. The van der Waals surface area contributed by atoms with Crippen molar-refractivity contribution in [3.63, 3.8) is 0 Å². The number of nitrogens with zero attached hydrogens (tertiary/aromatic N) is 1. The van der Waals surface area contributed by atoms with Gasteiger partial charge in [0, 0.05) is 0 Å². The zero-order chi connectivity index (χ0) is 12.0. The van der Waals surface area contributed by atoms with Gasteiger partial charge >= 0.3 is 109 Å². The van der Waals surface area contributed by atoms with E-state index in [0.717, 1.165) is 6.42 Å². The van der Waals surface area contributed by atoms with E-state index in [2.05, 4.69) is 60.6 Å². The van der Waals surface area contributed by atoms with E-state index in [4.69, 9.17) is 0 Å². The third-order valence-electron chi connectivity index (χ3n) is 2.55. The molecule has 86 valence electrons. The molecule has 1 unspecified atom stereocenters. The molecule has 0 spiro atoms. The number of hydrogen-bond acceptors (Lipinski definition) is 0. The topological polar surface area (TPSA) is 3.01 Å². The van der Waals surface area contributed by atoms with Gasteiger partial charge in [0.05, 0.1) is 0 Å². The molecular formula is C14H20NTe+. The maximum absolute atomic E-state index is 3.88. The van der Waals surface area contributed by atoms with Crippen molar-refractivity contribution in [3.05, 3.63) is 48.6 Å². The molecule has 2 heteroatoms. The quantitative estimate of drug-likeness (QED) is 0.338. The second-order valence-electron chi connectivity index (χ2n) is 3.92. The zero-order valence-electron chi connectivity index (χ0n) is 10.3. The van der Waals surface area contributed by atoms with E-state index in [1.165, 1.54) is 5.56 Å². The minimum absolute atomic E-state index is 0.0582. The Bertz CT molecular complexity index is 364. The summed E-state index contributed by atoms with van der Waals surface area (Å²) in [5.41, 5.74) is 1.41. The van der Waals surface area contributed by atoms with Gasteiger partial charge in [0.25, 0.3) is 0 Å². The van der Waals surface area contributed by atoms with Crippen molar-refractivity contribution in [1.82, 2.24) is 0 Å². The van der Waals surface area contributed by atoms with Gasteiger partial charge in [-0.3, -0.25) is 0 Å². The SMILES string of the molecule is C=CCC(C([Te]C)=[N+](C)C)c1ccccc1. The van der Waals surface area contributed by atoms with Gasteiger partial charge in [-0.2, -0.15) is 0 Å². The van der Waals surface area contributed by atoms with E-state index in [9.17, 15) is 0 Å². The van der Waals surface area contributed by atoms with Gasteiger partial charge in [0.2, 0.25) is 0 Å². The van der Waals surface area contributed by atoms with Crippen LogP contribution in [0.1, 0.15) is 17.9 Å². The molecule has 0 aliphatic rings. The first-order valence-electron chi connectivity index (χ1n) is 5.44. The van der Waals surface area contributed by atoms with Crippen LogP contribution in [0, 0.1) is 0 Å². The average molecular weight is 330 g/mol. The maximum atomic E-state index is 3.88. The molecule has 1 atom stereocenters. The summed E-state index contributed by atoms with van der Waals surface area (Å²) in [6.07, 6.45) is 3.07. The molecule has 1 aromatic carbocycles. The van der Waals surface area contributed by atoms with E-state index in [-0.39, 0.29) is 20.9 Å². The third kappa shape index (κ3) is 3.47. The molecular weight excluding hydrogens is 310 g/mol. The van der Waals surface area contributed by atoms with E-state index >= 15 is 0 Å². The summed E-state index contributed by atoms with van der Waals surface area (Å²) in [6, 6.07) is 10.8. The van der Waals surface area contributed by atoms with Gasteiger partial charge < -0.3 is 0 Å². The Labute approximate surface area is 109 Å². The number of allylic oxidation sites excluding steroid dienone is 1. The fourth-order valence-corrected chi connectivity index (χ4v) is 4.39. The Balaban J connectivity index is 3.09. The van der Waals surface area contributed by atoms with Crippen LogP contribution in [-0.2, 0) is 0 Å². The monoisotopic (exact) mass is 332 g/mol. The third-order valence-corrected chi connectivity index (χ3v) is 5.60. The van der Waals surface area contributed by atoms with Gasteiger partial charge in [-0.25, -0.2) is 0 Å². The fraction of sp³-hybridized carbons (Fsp3) is 0.357. The fourth-order valence-electron chi connectivity index (χ4n) is 1.87. The van der Waals surface area contributed by atoms with Gasteiger partial charge in [-0.1, -0.05) is 0 Å². The summed E-state index contributed by atoms with van der Waals surface area (Å²) in [6.45, 7) is 3.88. The van der Waals surface area contributed by atoms with Gasteiger partial charge in [-0.05, 0) is 0 Å². The summed E-state index contributed by atoms with van der Waals surface area (Å²) in [5, 5.41) is 0. The second kappa shape index (κ2) is 6.89. The Morgan fingerprint density at radius 1 is 1.38 bits per heavy atom. The summed E-state index contributed by atoms with van der Waals surface area (Å²) in [5.74, 6) is 0.529. The van der Waals surface area contributed by atoms with Gasteiger partial charge in [-0.15, -0.1) is 0 Å². The molecule has 0 aliphatic carbocycles. The van der Waals surface area contributed by atoms with Crippen LogP contribution in [0.2, 0.25) is 4.97 Å². The van der Waals surface area contributed by atoms with E-state index in [1.807, 2.05) is 6.08 Å². The van der Waals surface area contributed by atoms with E-state index < -0.39 is 0 Å². The molecule has 0 heterocycles. The van der Waals surface area contributed by atoms with Crippen molar-refractivity contribution in [2.75, 3.05) is 14.1 Å². The molecule has 0 fully saturated rings. The molecule has 0 radical (unpaired) electrons. The van der Waals surface area contributed by atoms with Crippen LogP contribution in [0.15, 0.2) is 43.0 Å². The Morgan fingerprint density at radius 2 is 2.00 bits per heavy atom. The summed E-state index contributed by atoms with van der Waals surface area (Å²) < 4.78 is 3.89. The first-order valence-corrected chi connectivity index (χ1v) is 8.94. The number of rotatable bonds is 5. The van der Waals surface area contributed by atoms with Crippen LogP contribution in [0.4, 0.5) is 0 Å². The molecule has 0 saturated heterocycles. The molecule has 1 nitrogen and oxygen atoms in total. The normalized spacial score (nSPS) is 11.9. The van der Waals surface area contributed by atoms with Crippen molar-refractivity contribution in [2.45, 2.75) is 17.3 Å². The van der Waals surface area contributed by atoms with Crippen LogP contribution in [0.5, 0.6) is 0 Å². The molecule has 0 aliphatic heterocycles. The zero-order valence-corrected chi connectivity index (χ0v) is 12.6. The van der Waals surface area contributed by atoms with Crippen LogP contribution >= 0.6 is 0 Å². The summed E-state index contributed by atoms with van der Waals surface area (Å²) in [7, 11) is 4.31. The Morgan fingerprint density at radius 3 is 2.44 bits per heavy atom. The average Bonchev–Trinajstić information content (AvgIpc) is 2.29. The summed E-state index contributed by atoms with van der Waals surface area (Å²) >= 11 is -0.0582. The van der Waals surface area contributed by atoms with E-state index in [0.29, 0.717) is 5.92 Å². The van der Waals surface area contributed by atoms with Gasteiger partial charge in [0.1, 0.15) is 0 Å². The van der Waals surface area contributed by atoms with Crippen LogP contribution in [0.3, 0.4) is 0 Å². The predicted molar refractivity (Wildman–Crippen MR) is 72.7 cm³/mol. The van der Waals surface area contributed by atoms with Crippen molar-refractivity contribution in [1.29, 1.82) is 0 Å². The molecule has 16 heavy (non-hydrogen) atoms. The van der Waals surface area contributed by atoms with Crippen molar-refractivity contribution < 1.29 is 4.58 Å². The van der Waals surface area contributed by atoms with Crippen LogP contribution in [0.25, 0.3) is 0 Å². The first kappa shape index (κ1) is 13.5. The van der Waals surface area contributed by atoms with Crippen LogP contribution in [-0.4, -0.2) is 43.4 Å². The minimum atomic E-state index is -0.0582. The number of hydrogen-bond donors (Lipinski definition) is 0. The molecule has 1 aromatic rings. The van der Waals surface area contributed by atoms with Crippen LogP contribution < -0.4 is 0 Å².